The minimum Gasteiger partial charge on any atom is -0.454 e. The van der Waals surface area contributed by atoms with E-state index in [1.807, 2.05) is 0 Å². The lowest BCUT2D eigenvalue weighted by Gasteiger charge is -2.06. The van der Waals surface area contributed by atoms with Crippen LogP contribution in [-0.4, -0.2) is 23.5 Å². The van der Waals surface area contributed by atoms with Gasteiger partial charge in [-0.25, -0.2) is 4.79 Å². The first-order chi connectivity index (χ1) is 15.5. The predicted molar refractivity (Wildman–Crippen MR) is 110 cm³/mol. The zero-order chi connectivity index (χ0) is 22.2. The highest BCUT2D eigenvalue weighted by molar-refractivity contribution is 6.14. The van der Waals surface area contributed by atoms with Crippen LogP contribution in [0.2, 0.25) is 0 Å². The molecule has 9 heteroatoms. The fourth-order valence-electron chi connectivity index (χ4n) is 3.30. The highest BCUT2D eigenvalue weighted by Gasteiger charge is 2.28. The van der Waals surface area contributed by atoms with Crippen molar-refractivity contribution in [1.29, 1.82) is 0 Å². The molecule has 2 aliphatic heterocycles. The van der Waals surface area contributed by atoms with Gasteiger partial charge in [-0.05, 0) is 42.0 Å². The molecule has 158 valence electrons. The molecular formula is C23H13NO8. The topological polar surface area (TPSA) is 114 Å². The van der Waals surface area contributed by atoms with E-state index in [1.165, 1.54) is 48.5 Å². The Balaban J connectivity index is 1.35. The summed E-state index contributed by atoms with van der Waals surface area (Å²) in [7, 11) is 0. The van der Waals surface area contributed by atoms with Gasteiger partial charge in [-0.3, -0.25) is 14.9 Å². The summed E-state index contributed by atoms with van der Waals surface area (Å²) >= 11 is 0. The third kappa shape index (κ3) is 3.52. The Morgan fingerprint density at radius 3 is 2.69 bits per heavy atom. The van der Waals surface area contributed by atoms with Crippen molar-refractivity contribution in [2.24, 2.45) is 0 Å². The molecule has 5 rings (SSSR count). The second kappa shape index (κ2) is 7.55. The number of allylic oxidation sites excluding steroid dienone is 1. The second-order valence-electron chi connectivity index (χ2n) is 6.91. The Bertz CT molecular complexity index is 1330. The van der Waals surface area contributed by atoms with Crippen molar-refractivity contribution in [2.45, 2.75) is 0 Å². The number of nitrogens with zero attached hydrogens (tertiary/aromatic N) is 1. The molecule has 0 fully saturated rings. The van der Waals surface area contributed by atoms with Gasteiger partial charge in [-0.2, -0.15) is 0 Å². The van der Waals surface area contributed by atoms with Gasteiger partial charge in [0.05, 0.1) is 16.1 Å². The Kier molecular flexibility index (Phi) is 4.55. The first kappa shape index (κ1) is 19.3. The van der Waals surface area contributed by atoms with E-state index < -0.39 is 10.9 Å². The van der Waals surface area contributed by atoms with Crippen LogP contribution in [-0.2, 0) is 0 Å². The summed E-state index contributed by atoms with van der Waals surface area (Å²) in [5.41, 5.74) is 0.924. The SMILES string of the molecule is O=C(Oc1ccc2c(c1)O/C(=C\c1cccc([N+](=O)[O-])c1)C2=O)c1ccc2c(c1)OCO2. The van der Waals surface area contributed by atoms with Gasteiger partial charge in [0, 0.05) is 18.2 Å². The zero-order valence-corrected chi connectivity index (χ0v) is 16.3. The van der Waals surface area contributed by atoms with E-state index in [0.717, 1.165) is 0 Å². The summed E-state index contributed by atoms with van der Waals surface area (Å²) < 4.78 is 21.5. The van der Waals surface area contributed by atoms with E-state index in [2.05, 4.69) is 0 Å². The van der Waals surface area contributed by atoms with Gasteiger partial charge in [0.25, 0.3) is 5.69 Å². The van der Waals surface area contributed by atoms with E-state index >= 15 is 0 Å². The summed E-state index contributed by atoms with van der Waals surface area (Å²) in [4.78, 5) is 35.5. The summed E-state index contributed by atoms with van der Waals surface area (Å²) in [6, 6.07) is 15.0. The minimum atomic E-state index is -0.611. The number of ketones is 1. The lowest BCUT2D eigenvalue weighted by Crippen LogP contribution is -2.08. The third-order valence-electron chi connectivity index (χ3n) is 4.84. The van der Waals surface area contributed by atoms with Gasteiger partial charge >= 0.3 is 5.97 Å². The molecule has 0 atom stereocenters. The molecule has 0 amide bonds. The Morgan fingerprint density at radius 2 is 1.84 bits per heavy atom. The highest BCUT2D eigenvalue weighted by Crippen LogP contribution is 2.36. The Labute approximate surface area is 180 Å². The lowest BCUT2D eigenvalue weighted by molar-refractivity contribution is -0.384. The van der Waals surface area contributed by atoms with Crippen molar-refractivity contribution in [2.75, 3.05) is 6.79 Å². The van der Waals surface area contributed by atoms with Crippen LogP contribution >= 0.6 is 0 Å². The number of nitro groups is 1. The quantitative estimate of drug-likeness (QED) is 0.199. The number of hydrogen-bond acceptors (Lipinski definition) is 8. The summed E-state index contributed by atoms with van der Waals surface area (Å²) in [6.45, 7) is 0.0935. The molecule has 3 aromatic carbocycles. The van der Waals surface area contributed by atoms with Crippen LogP contribution in [0.4, 0.5) is 5.69 Å². The first-order valence-corrected chi connectivity index (χ1v) is 9.42. The molecule has 9 nitrogen and oxygen atoms in total. The normalized spacial score (nSPS) is 14.8. The van der Waals surface area contributed by atoms with Crippen LogP contribution in [0.15, 0.2) is 66.4 Å². The third-order valence-corrected chi connectivity index (χ3v) is 4.84. The summed E-state index contributed by atoms with van der Waals surface area (Å²) in [6.07, 6.45) is 1.42. The molecule has 2 aliphatic rings. The number of ether oxygens (including phenoxy) is 4. The molecule has 2 heterocycles. The number of rotatable bonds is 4. The van der Waals surface area contributed by atoms with Crippen LogP contribution in [0.1, 0.15) is 26.3 Å². The number of carbonyl (C=O) groups is 2. The van der Waals surface area contributed by atoms with Crippen molar-refractivity contribution in [1.82, 2.24) is 0 Å². The molecule has 0 aliphatic carbocycles. The lowest BCUT2D eigenvalue weighted by atomic mass is 10.1. The average molecular weight is 431 g/mol. The molecule has 0 unspecified atom stereocenters. The van der Waals surface area contributed by atoms with Crippen molar-refractivity contribution >= 4 is 23.5 Å². The smallest absolute Gasteiger partial charge is 0.343 e. The van der Waals surface area contributed by atoms with Gasteiger partial charge in [-0.1, -0.05) is 12.1 Å². The zero-order valence-electron chi connectivity index (χ0n) is 16.3. The maximum Gasteiger partial charge on any atom is 0.343 e. The van der Waals surface area contributed by atoms with Crippen LogP contribution in [0, 0.1) is 10.1 Å². The molecule has 0 N–H and O–H groups in total. The number of benzene rings is 3. The molecule has 0 bridgehead atoms. The Morgan fingerprint density at radius 1 is 1.00 bits per heavy atom. The van der Waals surface area contributed by atoms with Crippen molar-refractivity contribution < 1.29 is 33.5 Å². The van der Waals surface area contributed by atoms with Gasteiger partial charge in [0.15, 0.2) is 17.3 Å². The van der Waals surface area contributed by atoms with E-state index in [-0.39, 0.29) is 41.1 Å². The number of fused-ring (bicyclic) bond motifs is 2. The Hall–Kier alpha value is -4.66. The highest BCUT2D eigenvalue weighted by atomic mass is 16.7. The second-order valence-corrected chi connectivity index (χ2v) is 6.91. The molecule has 0 saturated heterocycles. The van der Waals surface area contributed by atoms with E-state index in [1.54, 1.807) is 18.2 Å². The molecule has 32 heavy (non-hydrogen) atoms. The molecule has 0 radical (unpaired) electrons. The number of esters is 1. The minimum absolute atomic E-state index is 0.0137. The number of Topliss-reactive ketones (excluding diaryl/α,β-unsaturated/α-hetero) is 1. The molecule has 0 spiro atoms. The fraction of sp³-hybridized carbons (Fsp3) is 0.0435. The van der Waals surface area contributed by atoms with Crippen LogP contribution in [0.3, 0.4) is 0 Å². The summed E-state index contributed by atoms with van der Waals surface area (Å²) in [5.74, 6) is 0.450. The van der Waals surface area contributed by atoms with Gasteiger partial charge in [-0.15, -0.1) is 0 Å². The number of nitro benzene ring substituents is 1. The van der Waals surface area contributed by atoms with Crippen molar-refractivity contribution in [3.05, 3.63) is 93.2 Å². The van der Waals surface area contributed by atoms with E-state index in [9.17, 15) is 19.7 Å². The molecule has 0 saturated carbocycles. The monoisotopic (exact) mass is 431 g/mol. The maximum atomic E-state index is 12.6. The maximum absolute atomic E-state index is 12.6. The van der Waals surface area contributed by atoms with E-state index in [4.69, 9.17) is 18.9 Å². The van der Waals surface area contributed by atoms with Crippen molar-refractivity contribution in [3.63, 3.8) is 0 Å². The molecular weight excluding hydrogens is 418 g/mol. The molecule has 0 aromatic heterocycles. The van der Waals surface area contributed by atoms with Gasteiger partial charge < -0.3 is 18.9 Å². The standard InChI is InChI=1S/C23H13NO8/c25-22-17-6-5-16(31-23(26)14-4-7-18-20(10-14)30-12-29-18)11-19(17)32-21(22)9-13-2-1-3-15(8-13)24(27)28/h1-11H,12H2/b21-9-. The largest absolute Gasteiger partial charge is 0.454 e. The van der Waals surface area contributed by atoms with Crippen molar-refractivity contribution in [3.8, 4) is 23.0 Å². The van der Waals surface area contributed by atoms with Gasteiger partial charge in [0.1, 0.15) is 11.5 Å². The number of carbonyl (C=O) groups excluding carboxylic acids is 2. The fourth-order valence-corrected chi connectivity index (χ4v) is 3.30. The number of hydrogen-bond donors (Lipinski definition) is 0. The number of non-ortho nitro benzene ring substituents is 1. The molecule has 3 aromatic rings. The van der Waals surface area contributed by atoms with E-state index in [0.29, 0.717) is 22.6 Å². The van der Waals surface area contributed by atoms with Crippen LogP contribution in [0.25, 0.3) is 6.08 Å². The van der Waals surface area contributed by atoms with Crippen LogP contribution in [0.5, 0.6) is 23.0 Å². The van der Waals surface area contributed by atoms with Crippen LogP contribution < -0.4 is 18.9 Å². The van der Waals surface area contributed by atoms with Gasteiger partial charge in [0.2, 0.25) is 12.6 Å². The summed E-state index contributed by atoms with van der Waals surface area (Å²) in [5, 5.41) is 10.9. The first-order valence-electron chi connectivity index (χ1n) is 9.42. The predicted octanol–water partition coefficient (Wildman–Crippen LogP) is 4.16. The average Bonchev–Trinajstić information content (AvgIpc) is 3.37.